The molecule has 7 heteroatoms. The Bertz CT molecular complexity index is 658. The molecule has 1 aromatic carbocycles. The number of alkyl carbamates (subject to hydrolysis) is 1. The number of amides is 2. The third-order valence-electron chi connectivity index (χ3n) is 3.09. The standard InChI is InChI=1S/C19H26N4O3/c1-19(2,3)26-18(25)23-12-11-21-14-16(13-20)17(24)22-10-9-15-7-5-4-6-8-15/h4-8,14,21H,9-12H2,1-3H3,(H,22,24)(H,23,25)/b16-14-. The molecule has 0 radical (unpaired) electrons. The number of nitrogens with one attached hydrogen (secondary N) is 3. The van der Waals surface area contributed by atoms with E-state index in [-0.39, 0.29) is 5.57 Å². The van der Waals surface area contributed by atoms with Gasteiger partial charge in [0.1, 0.15) is 17.2 Å². The average molecular weight is 358 g/mol. The fourth-order valence-electron chi connectivity index (χ4n) is 1.93. The summed E-state index contributed by atoms with van der Waals surface area (Å²) >= 11 is 0. The van der Waals surface area contributed by atoms with Crippen molar-refractivity contribution in [1.29, 1.82) is 5.26 Å². The van der Waals surface area contributed by atoms with E-state index in [1.54, 1.807) is 20.8 Å². The van der Waals surface area contributed by atoms with E-state index in [1.165, 1.54) is 6.20 Å². The quantitative estimate of drug-likeness (QED) is 0.374. The topological polar surface area (TPSA) is 103 Å². The van der Waals surface area contributed by atoms with Crippen LogP contribution in [0.2, 0.25) is 0 Å². The molecule has 0 saturated carbocycles. The molecule has 0 heterocycles. The number of carbonyl (C=O) groups excluding carboxylic acids is 2. The second kappa shape index (κ2) is 10.8. The van der Waals surface area contributed by atoms with Gasteiger partial charge in [0.25, 0.3) is 5.91 Å². The molecule has 0 saturated heterocycles. The molecule has 0 atom stereocenters. The van der Waals surface area contributed by atoms with Crippen molar-refractivity contribution in [2.75, 3.05) is 19.6 Å². The van der Waals surface area contributed by atoms with Crippen LogP contribution in [0, 0.1) is 11.3 Å². The molecule has 0 fully saturated rings. The van der Waals surface area contributed by atoms with Crippen molar-refractivity contribution in [2.45, 2.75) is 32.8 Å². The third-order valence-corrected chi connectivity index (χ3v) is 3.09. The van der Waals surface area contributed by atoms with Crippen LogP contribution in [0.25, 0.3) is 0 Å². The molecule has 0 aliphatic heterocycles. The van der Waals surface area contributed by atoms with Crippen LogP contribution in [-0.2, 0) is 16.0 Å². The summed E-state index contributed by atoms with van der Waals surface area (Å²) in [5.41, 5.74) is 0.542. The van der Waals surface area contributed by atoms with Gasteiger partial charge in [0, 0.05) is 25.8 Å². The van der Waals surface area contributed by atoms with Crippen molar-refractivity contribution < 1.29 is 14.3 Å². The highest BCUT2D eigenvalue weighted by Gasteiger charge is 2.15. The van der Waals surface area contributed by atoms with Crippen molar-refractivity contribution in [1.82, 2.24) is 16.0 Å². The Labute approximate surface area is 154 Å². The first-order valence-electron chi connectivity index (χ1n) is 8.44. The Hall–Kier alpha value is -3.01. The van der Waals surface area contributed by atoms with Crippen LogP contribution in [0.1, 0.15) is 26.3 Å². The highest BCUT2D eigenvalue weighted by atomic mass is 16.6. The van der Waals surface area contributed by atoms with Gasteiger partial charge in [0.05, 0.1) is 0 Å². The van der Waals surface area contributed by atoms with Crippen LogP contribution < -0.4 is 16.0 Å². The summed E-state index contributed by atoms with van der Waals surface area (Å²) in [4.78, 5) is 23.4. The molecule has 0 spiro atoms. The molecule has 3 N–H and O–H groups in total. The van der Waals surface area contributed by atoms with E-state index in [9.17, 15) is 9.59 Å². The molecule has 0 aliphatic carbocycles. The van der Waals surface area contributed by atoms with Crippen molar-refractivity contribution in [3.05, 3.63) is 47.7 Å². The van der Waals surface area contributed by atoms with E-state index < -0.39 is 17.6 Å². The number of hydrogen-bond acceptors (Lipinski definition) is 5. The summed E-state index contributed by atoms with van der Waals surface area (Å²) in [6, 6.07) is 11.6. The van der Waals surface area contributed by atoms with Gasteiger partial charge in [-0.3, -0.25) is 4.79 Å². The SMILES string of the molecule is CC(C)(C)OC(=O)NCCN/C=C(/C#N)C(=O)NCCc1ccccc1. The second-order valence-corrected chi connectivity index (χ2v) is 6.54. The van der Waals surface area contributed by atoms with Crippen LogP contribution in [0.4, 0.5) is 4.79 Å². The predicted octanol–water partition coefficient (Wildman–Crippen LogP) is 1.87. The lowest BCUT2D eigenvalue weighted by molar-refractivity contribution is -0.117. The number of nitriles is 1. The van der Waals surface area contributed by atoms with Crippen LogP contribution in [0.15, 0.2) is 42.1 Å². The van der Waals surface area contributed by atoms with E-state index in [0.717, 1.165) is 5.56 Å². The number of rotatable bonds is 8. The molecule has 1 aromatic rings. The van der Waals surface area contributed by atoms with E-state index in [4.69, 9.17) is 10.00 Å². The zero-order chi connectivity index (χ0) is 19.4. The van der Waals surface area contributed by atoms with Crippen molar-refractivity contribution >= 4 is 12.0 Å². The van der Waals surface area contributed by atoms with Gasteiger partial charge in [-0.25, -0.2) is 4.79 Å². The van der Waals surface area contributed by atoms with Crippen molar-refractivity contribution in [3.63, 3.8) is 0 Å². The Kier molecular flexibility index (Phi) is 8.71. The van der Waals surface area contributed by atoms with Crippen LogP contribution in [0.5, 0.6) is 0 Å². The fraction of sp³-hybridized carbons (Fsp3) is 0.421. The van der Waals surface area contributed by atoms with E-state index in [2.05, 4.69) is 16.0 Å². The zero-order valence-corrected chi connectivity index (χ0v) is 15.5. The minimum atomic E-state index is -0.552. The van der Waals surface area contributed by atoms with Crippen LogP contribution in [0.3, 0.4) is 0 Å². The van der Waals surface area contributed by atoms with E-state index in [0.29, 0.717) is 26.1 Å². The van der Waals surface area contributed by atoms with Gasteiger partial charge in [-0.05, 0) is 32.8 Å². The molecule has 1 rings (SSSR count). The van der Waals surface area contributed by atoms with Crippen LogP contribution in [-0.4, -0.2) is 37.2 Å². The Morgan fingerprint density at radius 2 is 1.81 bits per heavy atom. The maximum atomic E-state index is 12.0. The maximum absolute atomic E-state index is 12.0. The second-order valence-electron chi connectivity index (χ2n) is 6.54. The molecule has 0 bridgehead atoms. The molecule has 26 heavy (non-hydrogen) atoms. The molecule has 0 unspecified atom stereocenters. The largest absolute Gasteiger partial charge is 0.444 e. The first kappa shape index (κ1) is 21.0. The highest BCUT2D eigenvalue weighted by Crippen LogP contribution is 2.06. The van der Waals surface area contributed by atoms with Crippen LogP contribution >= 0.6 is 0 Å². The number of nitrogens with zero attached hydrogens (tertiary/aromatic N) is 1. The Morgan fingerprint density at radius 3 is 2.42 bits per heavy atom. The highest BCUT2D eigenvalue weighted by molar-refractivity contribution is 5.97. The van der Waals surface area contributed by atoms with Gasteiger partial charge >= 0.3 is 6.09 Å². The molecule has 140 valence electrons. The molecule has 0 aromatic heterocycles. The summed E-state index contributed by atoms with van der Waals surface area (Å²) in [7, 11) is 0. The lowest BCUT2D eigenvalue weighted by Gasteiger charge is -2.19. The number of benzene rings is 1. The molecule has 0 aliphatic rings. The Balaban J connectivity index is 2.28. The number of carbonyl (C=O) groups is 2. The summed E-state index contributed by atoms with van der Waals surface area (Å²) in [6.45, 7) is 6.46. The van der Waals surface area contributed by atoms with Gasteiger partial charge in [-0.1, -0.05) is 30.3 Å². The van der Waals surface area contributed by atoms with Crippen molar-refractivity contribution in [2.24, 2.45) is 0 Å². The van der Waals surface area contributed by atoms with E-state index >= 15 is 0 Å². The smallest absolute Gasteiger partial charge is 0.407 e. The van der Waals surface area contributed by atoms with Crippen molar-refractivity contribution in [3.8, 4) is 6.07 Å². The zero-order valence-electron chi connectivity index (χ0n) is 15.5. The van der Waals surface area contributed by atoms with Gasteiger partial charge < -0.3 is 20.7 Å². The first-order chi connectivity index (χ1) is 12.3. The number of ether oxygens (including phenoxy) is 1. The summed E-state index contributed by atoms with van der Waals surface area (Å²) in [5, 5.41) is 17.2. The lowest BCUT2D eigenvalue weighted by atomic mass is 10.1. The molecule has 7 nitrogen and oxygen atoms in total. The minimum absolute atomic E-state index is 0.0182. The van der Waals surface area contributed by atoms with Gasteiger partial charge in [0.2, 0.25) is 0 Å². The summed E-state index contributed by atoms with van der Waals surface area (Å²) < 4.78 is 5.10. The molecule has 2 amide bonds. The molecular formula is C19H26N4O3. The lowest BCUT2D eigenvalue weighted by Crippen LogP contribution is -2.35. The normalized spacial score (nSPS) is 11.2. The maximum Gasteiger partial charge on any atom is 0.407 e. The van der Waals surface area contributed by atoms with Gasteiger partial charge in [0.15, 0.2) is 0 Å². The predicted molar refractivity (Wildman–Crippen MR) is 99.1 cm³/mol. The van der Waals surface area contributed by atoms with Gasteiger partial charge in [-0.2, -0.15) is 5.26 Å². The minimum Gasteiger partial charge on any atom is -0.444 e. The third kappa shape index (κ3) is 9.33. The monoisotopic (exact) mass is 358 g/mol. The fourth-order valence-corrected chi connectivity index (χ4v) is 1.93. The Morgan fingerprint density at radius 1 is 1.12 bits per heavy atom. The van der Waals surface area contributed by atoms with E-state index in [1.807, 2.05) is 36.4 Å². The summed E-state index contributed by atoms with van der Waals surface area (Å²) in [5.74, 6) is -0.434. The number of hydrogen-bond donors (Lipinski definition) is 3. The first-order valence-corrected chi connectivity index (χ1v) is 8.44. The average Bonchev–Trinajstić information content (AvgIpc) is 2.57. The summed E-state index contributed by atoms with van der Waals surface area (Å²) in [6.07, 6.45) is 1.52. The molecular weight excluding hydrogens is 332 g/mol. The van der Waals surface area contributed by atoms with Gasteiger partial charge in [-0.15, -0.1) is 0 Å².